The number of halogens is 3. The van der Waals surface area contributed by atoms with E-state index in [0.717, 1.165) is 0 Å². The molecular weight excluding hydrogens is 306 g/mol. The molecule has 20 heavy (non-hydrogen) atoms. The van der Waals surface area contributed by atoms with Crippen molar-refractivity contribution in [1.29, 1.82) is 0 Å². The van der Waals surface area contributed by atoms with E-state index in [-0.39, 0.29) is 10.8 Å². The van der Waals surface area contributed by atoms with Crippen LogP contribution in [0.5, 0.6) is 0 Å². The van der Waals surface area contributed by atoms with Gasteiger partial charge < -0.3 is 5.32 Å². The van der Waals surface area contributed by atoms with Gasteiger partial charge >= 0.3 is 0 Å². The number of nitrogens with zero attached hydrogens (tertiary/aromatic N) is 1. The molecule has 1 aromatic heterocycles. The van der Waals surface area contributed by atoms with E-state index in [4.69, 9.17) is 11.6 Å². The van der Waals surface area contributed by atoms with Crippen LogP contribution in [0.25, 0.3) is 0 Å². The summed E-state index contributed by atoms with van der Waals surface area (Å²) in [5, 5.41) is 2.83. The highest BCUT2D eigenvalue weighted by Crippen LogP contribution is 2.26. The molecular formula is C13H9ClF2N2OS. The fourth-order valence-electron chi connectivity index (χ4n) is 1.45. The van der Waals surface area contributed by atoms with Crippen molar-refractivity contribution in [2.75, 3.05) is 5.32 Å². The highest BCUT2D eigenvalue weighted by Gasteiger charge is 2.09. The predicted molar refractivity (Wildman–Crippen MR) is 75.5 cm³/mol. The van der Waals surface area contributed by atoms with Crippen molar-refractivity contribution in [2.24, 2.45) is 0 Å². The molecule has 0 saturated carbocycles. The molecule has 1 amide bonds. The number of nitrogens with one attached hydrogen (secondary N) is 1. The Morgan fingerprint density at radius 3 is 2.50 bits per heavy atom. The lowest BCUT2D eigenvalue weighted by Gasteiger charge is -2.06. The van der Waals surface area contributed by atoms with Gasteiger partial charge in [0, 0.05) is 10.6 Å². The second-order valence-corrected chi connectivity index (χ2v) is 5.15. The lowest BCUT2D eigenvalue weighted by molar-refractivity contribution is 0.102. The fraction of sp³-hybridized carbons (Fsp3) is 0.0769. The maximum atomic E-state index is 12.2. The van der Waals surface area contributed by atoms with Crippen molar-refractivity contribution in [3.05, 3.63) is 53.3 Å². The summed E-state index contributed by atoms with van der Waals surface area (Å²) in [5.74, 6) is -2.88. The number of thioether (sulfide) groups is 1. The molecule has 3 nitrogen and oxygen atoms in total. The number of rotatable bonds is 4. The number of carbonyl (C=O) groups is 1. The molecule has 7 heteroatoms. The van der Waals surface area contributed by atoms with Crippen molar-refractivity contribution in [3.63, 3.8) is 0 Å². The van der Waals surface area contributed by atoms with E-state index in [2.05, 4.69) is 10.3 Å². The van der Waals surface area contributed by atoms with Crippen LogP contribution in [0, 0.1) is 0 Å². The number of carbonyl (C=O) groups excluding carboxylic acids is 1. The highest BCUT2D eigenvalue weighted by molar-refractivity contribution is 7.99. The zero-order valence-electron chi connectivity index (χ0n) is 10.0. The van der Waals surface area contributed by atoms with Gasteiger partial charge in [-0.2, -0.15) is 8.78 Å². The second-order valence-electron chi connectivity index (χ2n) is 3.70. The summed E-state index contributed by atoms with van der Waals surface area (Å²) in [6.07, 6.45) is 0. The Labute approximate surface area is 123 Å². The van der Waals surface area contributed by atoms with Crippen molar-refractivity contribution >= 4 is 35.0 Å². The predicted octanol–water partition coefficient (Wildman–Crippen LogP) is 4.30. The summed E-state index contributed by atoms with van der Waals surface area (Å²) in [7, 11) is 0. The third-order valence-corrected chi connectivity index (χ3v) is 3.22. The maximum absolute atomic E-state index is 12.2. The van der Waals surface area contributed by atoms with Crippen molar-refractivity contribution in [1.82, 2.24) is 4.98 Å². The molecule has 0 aliphatic carbocycles. The number of aromatic nitrogens is 1. The maximum Gasteiger partial charge on any atom is 0.288 e. The van der Waals surface area contributed by atoms with E-state index in [1.807, 2.05) is 0 Å². The first-order chi connectivity index (χ1) is 9.54. The largest absolute Gasteiger partial charge is 0.321 e. The Bertz CT molecular complexity index is 608. The van der Waals surface area contributed by atoms with Gasteiger partial charge in [0.05, 0.1) is 0 Å². The monoisotopic (exact) mass is 314 g/mol. The molecule has 1 aromatic carbocycles. The zero-order valence-corrected chi connectivity index (χ0v) is 11.6. The first-order valence-corrected chi connectivity index (χ1v) is 6.79. The molecule has 0 aliphatic rings. The van der Waals surface area contributed by atoms with Crippen molar-refractivity contribution in [3.8, 4) is 0 Å². The standard InChI is InChI=1S/C13H9ClF2N2OS/c14-11-3-1-2-10(18-11)12(19)17-8-4-6-9(7-5-8)20-13(15)16/h1-7,13H,(H,17,19). The molecule has 0 atom stereocenters. The molecule has 0 radical (unpaired) electrons. The van der Waals surface area contributed by atoms with Gasteiger partial charge in [0.2, 0.25) is 0 Å². The van der Waals surface area contributed by atoms with E-state index in [0.29, 0.717) is 22.3 Å². The topological polar surface area (TPSA) is 42.0 Å². The summed E-state index contributed by atoms with van der Waals surface area (Å²) in [4.78, 5) is 16.2. The number of pyridine rings is 1. The van der Waals surface area contributed by atoms with Crippen LogP contribution in [0.2, 0.25) is 5.15 Å². The van der Waals surface area contributed by atoms with Crippen LogP contribution in [0.3, 0.4) is 0 Å². The van der Waals surface area contributed by atoms with Crippen LogP contribution < -0.4 is 5.32 Å². The molecule has 0 aliphatic heterocycles. The molecule has 104 valence electrons. The van der Waals surface area contributed by atoms with Gasteiger partial charge in [-0.05, 0) is 36.4 Å². The minimum absolute atomic E-state index is 0.184. The number of hydrogen-bond donors (Lipinski definition) is 1. The van der Waals surface area contributed by atoms with Gasteiger partial charge in [0.1, 0.15) is 10.8 Å². The average molecular weight is 315 g/mol. The summed E-state index contributed by atoms with van der Waals surface area (Å²) < 4.78 is 24.3. The number of alkyl halides is 2. The number of anilines is 1. The SMILES string of the molecule is O=C(Nc1ccc(SC(F)F)cc1)c1cccc(Cl)n1. The van der Waals surface area contributed by atoms with Crippen LogP contribution in [0.4, 0.5) is 14.5 Å². The summed E-state index contributed by atoms with van der Waals surface area (Å²) in [6, 6.07) is 10.8. The number of amides is 1. The van der Waals surface area contributed by atoms with Crippen LogP contribution in [0.15, 0.2) is 47.4 Å². The van der Waals surface area contributed by atoms with Gasteiger partial charge in [-0.3, -0.25) is 4.79 Å². The zero-order chi connectivity index (χ0) is 14.5. The van der Waals surface area contributed by atoms with Gasteiger partial charge in [0.25, 0.3) is 11.7 Å². The third kappa shape index (κ3) is 4.18. The summed E-state index contributed by atoms with van der Waals surface area (Å²) in [6.45, 7) is 0. The van der Waals surface area contributed by atoms with Crippen LogP contribution in [-0.2, 0) is 0 Å². The summed E-state index contributed by atoms with van der Waals surface area (Å²) >= 11 is 6.14. The van der Waals surface area contributed by atoms with Crippen LogP contribution in [-0.4, -0.2) is 16.6 Å². The molecule has 0 saturated heterocycles. The normalized spacial score (nSPS) is 10.6. The van der Waals surface area contributed by atoms with E-state index < -0.39 is 11.7 Å². The third-order valence-electron chi connectivity index (χ3n) is 2.29. The Morgan fingerprint density at radius 2 is 1.90 bits per heavy atom. The molecule has 0 spiro atoms. The minimum atomic E-state index is -2.47. The Hall–Kier alpha value is -1.66. The molecule has 0 fully saturated rings. The lowest BCUT2D eigenvalue weighted by atomic mass is 10.3. The van der Waals surface area contributed by atoms with E-state index in [1.165, 1.54) is 18.2 Å². The van der Waals surface area contributed by atoms with Gasteiger partial charge in [0.15, 0.2) is 0 Å². The van der Waals surface area contributed by atoms with Crippen molar-refractivity contribution < 1.29 is 13.6 Å². The minimum Gasteiger partial charge on any atom is -0.321 e. The second kappa shape index (κ2) is 6.67. The smallest absolute Gasteiger partial charge is 0.288 e. The molecule has 1 N–H and O–H groups in total. The van der Waals surface area contributed by atoms with Crippen molar-refractivity contribution in [2.45, 2.75) is 10.7 Å². The van der Waals surface area contributed by atoms with Crippen LogP contribution >= 0.6 is 23.4 Å². The first kappa shape index (κ1) is 14.7. The first-order valence-electron chi connectivity index (χ1n) is 5.53. The Morgan fingerprint density at radius 1 is 1.20 bits per heavy atom. The molecule has 1 heterocycles. The molecule has 2 rings (SSSR count). The van der Waals surface area contributed by atoms with E-state index >= 15 is 0 Å². The number of benzene rings is 1. The lowest BCUT2D eigenvalue weighted by Crippen LogP contribution is -2.13. The van der Waals surface area contributed by atoms with Gasteiger partial charge in [-0.25, -0.2) is 4.98 Å². The average Bonchev–Trinajstić information content (AvgIpc) is 2.40. The van der Waals surface area contributed by atoms with Gasteiger partial charge in [-0.1, -0.05) is 29.4 Å². The Balaban J connectivity index is 2.04. The fourth-order valence-corrected chi connectivity index (χ4v) is 2.11. The van der Waals surface area contributed by atoms with Crippen LogP contribution in [0.1, 0.15) is 10.5 Å². The Kier molecular flexibility index (Phi) is 4.92. The number of hydrogen-bond acceptors (Lipinski definition) is 3. The summed E-state index contributed by atoms with van der Waals surface area (Å²) in [5.41, 5.74) is 0.680. The van der Waals surface area contributed by atoms with E-state index in [9.17, 15) is 13.6 Å². The molecule has 2 aromatic rings. The quantitative estimate of drug-likeness (QED) is 0.675. The molecule has 0 unspecified atom stereocenters. The highest BCUT2D eigenvalue weighted by atomic mass is 35.5. The van der Waals surface area contributed by atoms with E-state index in [1.54, 1.807) is 24.3 Å². The van der Waals surface area contributed by atoms with Gasteiger partial charge in [-0.15, -0.1) is 0 Å². The molecule has 0 bridgehead atoms.